The van der Waals surface area contributed by atoms with Gasteiger partial charge in [0.2, 0.25) is 0 Å². The standard InChI is InChI=1S/C10H16O2/c1-4-8-5-6-9(11-2)7-10(8)12-3/h5-8,10H,4H2,1-3H3. The van der Waals surface area contributed by atoms with E-state index in [9.17, 15) is 0 Å². The molecule has 1 rings (SSSR count). The third-order valence-electron chi connectivity index (χ3n) is 2.24. The monoisotopic (exact) mass is 168 g/mol. The van der Waals surface area contributed by atoms with Crippen molar-refractivity contribution in [3.05, 3.63) is 24.0 Å². The molecule has 0 saturated heterocycles. The van der Waals surface area contributed by atoms with Gasteiger partial charge in [0.05, 0.1) is 13.2 Å². The van der Waals surface area contributed by atoms with E-state index < -0.39 is 0 Å². The van der Waals surface area contributed by atoms with Crippen molar-refractivity contribution in [3.63, 3.8) is 0 Å². The Morgan fingerprint density at radius 3 is 2.67 bits per heavy atom. The molecule has 0 aromatic carbocycles. The molecule has 2 unspecified atom stereocenters. The van der Waals surface area contributed by atoms with Gasteiger partial charge in [0, 0.05) is 13.0 Å². The number of allylic oxidation sites excluding steroid dienone is 1. The molecule has 0 spiro atoms. The molecule has 2 nitrogen and oxygen atoms in total. The van der Waals surface area contributed by atoms with Gasteiger partial charge in [0.1, 0.15) is 5.76 Å². The van der Waals surface area contributed by atoms with Crippen molar-refractivity contribution in [1.29, 1.82) is 0 Å². The summed E-state index contributed by atoms with van der Waals surface area (Å²) >= 11 is 0. The zero-order valence-corrected chi connectivity index (χ0v) is 7.91. The molecule has 0 saturated carbocycles. The first-order valence-corrected chi connectivity index (χ1v) is 4.28. The molecule has 0 amide bonds. The second-order valence-electron chi connectivity index (χ2n) is 2.90. The molecule has 12 heavy (non-hydrogen) atoms. The smallest absolute Gasteiger partial charge is 0.117 e. The molecule has 1 aliphatic rings. The van der Waals surface area contributed by atoms with E-state index in [1.54, 1.807) is 14.2 Å². The van der Waals surface area contributed by atoms with Gasteiger partial charge in [-0.05, 0) is 18.6 Å². The summed E-state index contributed by atoms with van der Waals surface area (Å²) < 4.78 is 10.4. The molecule has 0 heterocycles. The highest BCUT2D eigenvalue weighted by Crippen LogP contribution is 2.21. The van der Waals surface area contributed by atoms with E-state index in [0.717, 1.165) is 12.2 Å². The summed E-state index contributed by atoms with van der Waals surface area (Å²) in [4.78, 5) is 0. The summed E-state index contributed by atoms with van der Waals surface area (Å²) in [6, 6.07) is 0. The summed E-state index contributed by atoms with van der Waals surface area (Å²) in [7, 11) is 3.41. The predicted molar refractivity (Wildman–Crippen MR) is 48.8 cm³/mol. The Labute approximate surface area is 73.9 Å². The Balaban J connectivity index is 2.67. The highest BCUT2D eigenvalue weighted by Gasteiger charge is 2.18. The average molecular weight is 168 g/mol. The number of hydrogen-bond acceptors (Lipinski definition) is 2. The van der Waals surface area contributed by atoms with E-state index in [2.05, 4.69) is 13.0 Å². The van der Waals surface area contributed by atoms with Crippen LogP contribution in [0.5, 0.6) is 0 Å². The minimum absolute atomic E-state index is 0.176. The number of hydrogen-bond donors (Lipinski definition) is 0. The van der Waals surface area contributed by atoms with Gasteiger partial charge < -0.3 is 9.47 Å². The second kappa shape index (κ2) is 4.31. The van der Waals surface area contributed by atoms with Crippen molar-refractivity contribution in [2.45, 2.75) is 19.4 Å². The van der Waals surface area contributed by atoms with Crippen molar-refractivity contribution in [3.8, 4) is 0 Å². The van der Waals surface area contributed by atoms with Crippen LogP contribution in [-0.2, 0) is 9.47 Å². The Bertz CT molecular complexity index is 194. The van der Waals surface area contributed by atoms with Gasteiger partial charge >= 0.3 is 0 Å². The SMILES string of the molecule is CCC1C=CC(OC)=CC1OC. The number of methoxy groups -OCH3 is 2. The Morgan fingerprint density at radius 1 is 1.42 bits per heavy atom. The average Bonchev–Trinajstić information content (AvgIpc) is 2.16. The van der Waals surface area contributed by atoms with Crippen LogP contribution >= 0.6 is 0 Å². The van der Waals surface area contributed by atoms with E-state index in [1.165, 1.54) is 0 Å². The Kier molecular flexibility index (Phi) is 3.35. The van der Waals surface area contributed by atoms with Crippen LogP contribution in [0.25, 0.3) is 0 Å². The van der Waals surface area contributed by atoms with E-state index in [-0.39, 0.29) is 6.10 Å². The molecular weight excluding hydrogens is 152 g/mol. The molecule has 0 radical (unpaired) electrons. The Hall–Kier alpha value is -0.760. The molecule has 2 heteroatoms. The molecule has 1 aliphatic carbocycles. The van der Waals surface area contributed by atoms with Crippen LogP contribution < -0.4 is 0 Å². The van der Waals surface area contributed by atoms with E-state index in [1.807, 2.05) is 12.2 Å². The summed E-state index contributed by atoms with van der Waals surface area (Å²) in [6.07, 6.45) is 7.45. The molecule has 0 fully saturated rings. The quantitative estimate of drug-likeness (QED) is 0.642. The van der Waals surface area contributed by atoms with Gasteiger partial charge in [-0.2, -0.15) is 0 Å². The summed E-state index contributed by atoms with van der Waals surface area (Å²) in [6.45, 7) is 2.16. The van der Waals surface area contributed by atoms with Crippen molar-refractivity contribution in [2.75, 3.05) is 14.2 Å². The lowest BCUT2D eigenvalue weighted by atomic mass is 9.94. The maximum atomic E-state index is 5.32. The van der Waals surface area contributed by atoms with Crippen LogP contribution in [-0.4, -0.2) is 20.3 Å². The Morgan fingerprint density at radius 2 is 2.17 bits per heavy atom. The molecule has 0 N–H and O–H groups in total. The molecule has 0 aliphatic heterocycles. The van der Waals surface area contributed by atoms with Crippen LogP contribution in [0.2, 0.25) is 0 Å². The fourth-order valence-corrected chi connectivity index (χ4v) is 1.42. The molecule has 0 aromatic heterocycles. The number of ether oxygens (including phenoxy) is 2. The van der Waals surface area contributed by atoms with Gasteiger partial charge in [0.15, 0.2) is 0 Å². The fraction of sp³-hybridized carbons (Fsp3) is 0.600. The van der Waals surface area contributed by atoms with Gasteiger partial charge in [-0.3, -0.25) is 0 Å². The van der Waals surface area contributed by atoms with Crippen molar-refractivity contribution >= 4 is 0 Å². The third-order valence-corrected chi connectivity index (χ3v) is 2.24. The number of rotatable bonds is 3. The summed E-state index contributed by atoms with van der Waals surface area (Å²) in [5, 5.41) is 0. The lowest BCUT2D eigenvalue weighted by Gasteiger charge is -2.23. The highest BCUT2D eigenvalue weighted by atomic mass is 16.5. The summed E-state index contributed by atoms with van der Waals surface area (Å²) in [5.74, 6) is 1.39. The first-order valence-electron chi connectivity index (χ1n) is 4.28. The van der Waals surface area contributed by atoms with E-state index >= 15 is 0 Å². The minimum Gasteiger partial charge on any atom is -0.497 e. The van der Waals surface area contributed by atoms with Crippen LogP contribution in [0, 0.1) is 5.92 Å². The topological polar surface area (TPSA) is 18.5 Å². The van der Waals surface area contributed by atoms with Crippen LogP contribution in [0.1, 0.15) is 13.3 Å². The summed E-state index contributed by atoms with van der Waals surface area (Å²) in [5.41, 5.74) is 0. The molecule has 0 bridgehead atoms. The van der Waals surface area contributed by atoms with Crippen molar-refractivity contribution in [1.82, 2.24) is 0 Å². The zero-order chi connectivity index (χ0) is 8.97. The van der Waals surface area contributed by atoms with Crippen LogP contribution in [0.3, 0.4) is 0 Å². The van der Waals surface area contributed by atoms with E-state index in [4.69, 9.17) is 9.47 Å². The lowest BCUT2D eigenvalue weighted by molar-refractivity contribution is 0.0988. The van der Waals surface area contributed by atoms with Crippen LogP contribution in [0.4, 0.5) is 0 Å². The van der Waals surface area contributed by atoms with Gasteiger partial charge in [-0.1, -0.05) is 13.0 Å². The van der Waals surface area contributed by atoms with Gasteiger partial charge in [0.25, 0.3) is 0 Å². The van der Waals surface area contributed by atoms with Crippen molar-refractivity contribution < 1.29 is 9.47 Å². The fourth-order valence-electron chi connectivity index (χ4n) is 1.42. The lowest BCUT2D eigenvalue weighted by Crippen LogP contribution is -2.21. The first-order chi connectivity index (χ1) is 5.81. The minimum atomic E-state index is 0.176. The molecule has 0 aromatic rings. The zero-order valence-electron chi connectivity index (χ0n) is 7.91. The predicted octanol–water partition coefficient (Wildman–Crippen LogP) is 2.13. The second-order valence-corrected chi connectivity index (χ2v) is 2.90. The van der Waals surface area contributed by atoms with Gasteiger partial charge in [-0.25, -0.2) is 0 Å². The molecule has 2 atom stereocenters. The molecule has 68 valence electrons. The van der Waals surface area contributed by atoms with Gasteiger partial charge in [-0.15, -0.1) is 0 Å². The maximum absolute atomic E-state index is 5.32. The largest absolute Gasteiger partial charge is 0.497 e. The maximum Gasteiger partial charge on any atom is 0.117 e. The molecular formula is C10H16O2. The first kappa shape index (κ1) is 9.33. The normalized spacial score (nSPS) is 28.4. The third kappa shape index (κ3) is 1.89. The highest BCUT2D eigenvalue weighted by molar-refractivity contribution is 5.21. The van der Waals surface area contributed by atoms with Crippen LogP contribution in [0.15, 0.2) is 24.0 Å². The van der Waals surface area contributed by atoms with Crippen molar-refractivity contribution in [2.24, 2.45) is 5.92 Å². The van der Waals surface area contributed by atoms with E-state index in [0.29, 0.717) is 5.92 Å².